The van der Waals surface area contributed by atoms with E-state index in [1.54, 1.807) is 18.2 Å². The Hall–Kier alpha value is -1.45. The summed E-state index contributed by atoms with van der Waals surface area (Å²) in [6, 6.07) is 13.2. The molecule has 4 heteroatoms. The maximum absolute atomic E-state index is 11.2. The molecule has 0 aromatic heterocycles. The minimum Gasteiger partial charge on any atom is -0.478 e. The average molecular weight is 293 g/mol. The highest BCUT2D eigenvalue weighted by Crippen LogP contribution is 2.31. The number of hydrogen-bond acceptors (Lipinski definition) is 2. The summed E-state index contributed by atoms with van der Waals surface area (Å²) in [4.78, 5) is 11.9. The van der Waals surface area contributed by atoms with Crippen molar-refractivity contribution in [1.29, 1.82) is 0 Å². The van der Waals surface area contributed by atoms with Crippen molar-refractivity contribution in [2.24, 2.45) is 0 Å². The number of carboxylic acids is 1. The smallest absolute Gasteiger partial charge is 0.338 e. The predicted molar refractivity (Wildman–Crippen MR) is 79.2 cm³/mol. The first-order valence-electron chi connectivity index (χ1n) is 5.78. The molecule has 98 valence electrons. The predicted octanol–water partition coefficient (Wildman–Crippen LogP) is 4.64. The number of rotatable bonds is 4. The van der Waals surface area contributed by atoms with Crippen LogP contribution in [0.2, 0.25) is 5.02 Å². The molecular formula is C15H13ClO2S. The molecule has 2 aromatic rings. The number of carboxylic acid groups (broad SMARTS) is 1. The topological polar surface area (TPSA) is 37.3 Å². The van der Waals surface area contributed by atoms with Gasteiger partial charge < -0.3 is 5.11 Å². The van der Waals surface area contributed by atoms with Crippen molar-refractivity contribution in [3.05, 3.63) is 64.2 Å². The largest absolute Gasteiger partial charge is 0.478 e. The van der Waals surface area contributed by atoms with Gasteiger partial charge in [-0.15, -0.1) is 11.8 Å². The molecule has 0 atom stereocenters. The van der Waals surface area contributed by atoms with Crippen LogP contribution >= 0.6 is 23.4 Å². The highest BCUT2D eigenvalue weighted by atomic mass is 35.5. The van der Waals surface area contributed by atoms with Crippen molar-refractivity contribution in [1.82, 2.24) is 0 Å². The number of thioether (sulfide) groups is 1. The molecule has 19 heavy (non-hydrogen) atoms. The van der Waals surface area contributed by atoms with Gasteiger partial charge in [0.05, 0.1) is 10.6 Å². The number of aryl methyl sites for hydroxylation is 1. The molecule has 0 aliphatic carbocycles. The third kappa shape index (κ3) is 3.31. The van der Waals surface area contributed by atoms with Gasteiger partial charge in [0.1, 0.15) is 0 Å². The van der Waals surface area contributed by atoms with Gasteiger partial charge in [0.25, 0.3) is 0 Å². The van der Waals surface area contributed by atoms with Gasteiger partial charge in [0.15, 0.2) is 0 Å². The second kappa shape index (κ2) is 6.13. The molecule has 0 unspecified atom stereocenters. The van der Waals surface area contributed by atoms with E-state index >= 15 is 0 Å². The van der Waals surface area contributed by atoms with Crippen molar-refractivity contribution in [3.8, 4) is 0 Å². The zero-order chi connectivity index (χ0) is 13.8. The summed E-state index contributed by atoms with van der Waals surface area (Å²) in [5.41, 5.74) is 2.58. The minimum atomic E-state index is -0.988. The number of carbonyl (C=O) groups is 1. The van der Waals surface area contributed by atoms with Crippen LogP contribution < -0.4 is 0 Å². The third-order valence-electron chi connectivity index (χ3n) is 2.83. The molecule has 0 fully saturated rings. The second-order valence-corrected chi connectivity index (χ2v) is 5.56. The maximum Gasteiger partial charge on any atom is 0.338 e. The average Bonchev–Trinajstić information content (AvgIpc) is 2.37. The molecule has 1 N–H and O–H groups in total. The standard InChI is InChI=1S/C15H13ClO2S/c1-10-5-2-3-6-11(10)9-19-13-8-4-7-12(16)14(13)15(17)18/h2-8H,9H2,1H3,(H,17,18). The first kappa shape index (κ1) is 14.0. The fourth-order valence-corrected chi connectivity index (χ4v) is 3.22. The Morgan fingerprint density at radius 1 is 1.21 bits per heavy atom. The highest BCUT2D eigenvalue weighted by molar-refractivity contribution is 7.98. The van der Waals surface area contributed by atoms with Gasteiger partial charge in [0.2, 0.25) is 0 Å². The molecule has 0 spiro atoms. The first-order valence-corrected chi connectivity index (χ1v) is 7.15. The lowest BCUT2D eigenvalue weighted by molar-refractivity contribution is 0.0693. The number of aromatic carboxylic acids is 1. The van der Waals surface area contributed by atoms with E-state index in [0.717, 1.165) is 5.75 Å². The second-order valence-electron chi connectivity index (χ2n) is 4.13. The van der Waals surface area contributed by atoms with E-state index in [1.165, 1.54) is 22.9 Å². The van der Waals surface area contributed by atoms with Crippen LogP contribution in [-0.4, -0.2) is 11.1 Å². The third-order valence-corrected chi connectivity index (χ3v) is 4.26. The quantitative estimate of drug-likeness (QED) is 0.834. The van der Waals surface area contributed by atoms with Crippen molar-refractivity contribution >= 4 is 29.3 Å². The van der Waals surface area contributed by atoms with Gasteiger partial charge in [-0.2, -0.15) is 0 Å². The van der Waals surface area contributed by atoms with Crippen LogP contribution in [-0.2, 0) is 5.75 Å². The monoisotopic (exact) mass is 292 g/mol. The molecule has 2 rings (SSSR count). The van der Waals surface area contributed by atoms with Crippen molar-refractivity contribution in [2.75, 3.05) is 0 Å². The Morgan fingerprint density at radius 3 is 2.63 bits per heavy atom. The van der Waals surface area contributed by atoms with E-state index in [1.807, 2.05) is 31.2 Å². The van der Waals surface area contributed by atoms with Gasteiger partial charge in [-0.1, -0.05) is 41.9 Å². The SMILES string of the molecule is Cc1ccccc1CSc1cccc(Cl)c1C(=O)O. The highest BCUT2D eigenvalue weighted by Gasteiger charge is 2.14. The summed E-state index contributed by atoms with van der Waals surface area (Å²) in [5, 5.41) is 9.48. The van der Waals surface area contributed by atoms with E-state index in [9.17, 15) is 9.90 Å². The van der Waals surface area contributed by atoms with E-state index < -0.39 is 5.97 Å². The Balaban J connectivity index is 2.23. The lowest BCUT2D eigenvalue weighted by Gasteiger charge is -2.09. The van der Waals surface area contributed by atoms with Crippen molar-refractivity contribution in [2.45, 2.75) is 17.6 Å². The van der Waals surface area contributed by atoms with E-state index in [2.05, 4.69) is 0 Å². The fourth-order valence-electron chi connectivity index (χ4n) is 1.76. The molecule has 0 amide bonds. The fraction of sp³-hybridized carbons (Fsp3) is 0.133. The lowest BCUT2D eigenvalue weighted by Crippen LogP contribution is -2.00. The zero-order valence-electron chi connectivity index (χ0n) is 10.4. The van der Waals surface area contributed by atoms with Gasteiger partial charge in [0, 0.05) is 10.6 Å². The summed E-state index contributed by atoms with van der Waals surface area (Å²) in [6.07, 6.45) is 0. The van der Waals surface area contributed by atoms with Crippen LogP contribution in [0.4, 0.5) is 0 Å². The minimum absolute atomic E-state index is 0.183. The maximum atomic E-state index is 11.2. The van der Waals surface area contributed by atoms with Crippen LogP contribution in [0.3, 0.4) is 0 Å². The lowest BCUT2D eigenvalue weighted by atomic mass is 10.1. The molecule has 0 saturated heterocycles. The van der Waals surface area contributed by atoms with Gasteiger partial charge in [-0.25, -0.2) is 4.79 Å². The van der Waals surface area contributed by atoms with Crippen LogP contribution in [0.1, 0.15) is 21.5 Å². The molecule has 2 nitrogen and oxygen atoms in total. The van der Waals surface area contributed by atoms with Crippen LogP contribution in [0.5, 0.6) is 0 Å². The first-order chi connectivity index (χ1) is 9.09. The summed E-state index contributed by atoms with van der Waals surface area (Å²) in [6.45, 7) is 2.05. The Kier molecular flexibility index (Phi) is 4.51. The molecule has 2 aromatic carbocycles. The molecule has 0 saturated carbocycles. The molecular weight excluding hydrogens is 280 g/mol. The summed E-state index contributed by atoms with van der Waals surface area (Å²) >= 11 is 7.43. The number of hydrogen-bond donors (Lipinski definition) is 1. The molecule has 0 heterocycles. The Bertz CT molecular complexity index is 611. The Morgan fingerprint density at radius 2 is 1.95 bits per heavy atom. The van der Waals surface area contributed by atoms with Gasteiger partial charge in [-0.05, 0) is 30.2 Å². The van der Waals surface area contributed by atoms with Gasteiger partial charge in [-0.3, -0.25) is 0 Å². The summed E-state index contributed by atoms with van der Waals surface area (Å²) in [5.74, 6) is -0.259. The number of halogens is 1. The van der Waals surface area contributed by atoms with E-state index in [-0.39, 0.29) is 10.6 Å². The van der Waals surface area contributed by atoms with E-state index in [0.29, 0.717) is 4.90 Å². The van der Waals surface area contributed by atoms with Crippen LogP contribution in [0.15, 0.2) is 47.4 Å². The zero-order valence-corrected chi connectivity index (χ0v) is 12.0. The summed E-state index contributed by atoms with van der Waals surface area (Å²) < 4.78 is 0. The van der Waals surface area contributed by atoms with Crippen LogP contribution in [0, 0.1) is 6.92 Å². The molecule has 0 radical (unpaired) electrons. The van der Waals surface area contributed by atoms with Crippen LogP contribution in [0.25, 0.3) is 0 Å². The summed E-state index contributed by atoms with van der Waals surface area (Å²) in [7, 11) is 0. The van der Waals surface area contributed by atoms with E-state index in [4.69, 9.17) is 11.6 Å². The normalized spacial score (nSPS) is 10.4. The Labute approximate surface area is 121 Å². The molecule has 0 aliphatic rings. The number of benzene rings is 2. The molecule has 0 aliphatic heterocycles. The van der Waals surface area contributed by atoms with Crippen molar-refractivity contribution in [3.63, 3.8) is 0 Å². The molecule has 0 bridgehead atoms. The van der Waals surface area contributed by atoms with Gasteiger partial charge >= 0.3 is 5.97 Å². The van der Waals surface area contributed by atoms with Crippen molar-refractivity contribution < 1.29 is 9.90 Å².